The topological polar surface area (TPSA) is 91.2 Å². The van der Waals surface area contributed by atoms with Gasteiger partial charge in [-0.05, 0) is 42.3 Å². The lowest BCUT2D eigenvalue weighted by atomic mass is 9.90. The third kappa shape index (κ3) is 2.42. The zero-order chi connectivity index (χ0) is 17.0. The van der Waals surface area contributed by atoms with E-state index in [4.69, 9.17) is 4.98 Å². The number of thiophene rings is 1. The average Bonchev–Trinajstić information content (AvgIpc) is 3.33. The normalized spacial score (nSPS) is 30.9. The molecule has 2 aliphatic carbocycles. The molecule has 3 heterocycles. The molecule has 5 unspecified atom stereocenters. The standard InChI is InChI=1S/C18H18N4O2S/c23-14-9-7-11(15(14)24)13(8-9)20-16-10-4-6-25-18(10)22-17(21-16)12-3-1-2-5-19-12/h1-6,9,11,13-15,23-24H,7-8H2,(H,20,21,22). The molecule has 2 fully saturated rings. The molecule has 2 saturated carbocycles. The fraction of sp³-hybridized carbons (Fsp3) is 0.389. The van der Waals surface area contributed by atoms with Crippen molar-refractivity contribution in [2.45, 2.75) is 31.1 Å². The number of aliphatic hydroxyl groups is 2. The number of pyridine rings is 1. The summed E-state index contributed by atoms with van der Waals surface area (Å²) in [6.45, 7) is 0. The molecule has 0 spiro atoms. The summed E-state index contributed by atoms with van der Waals surface area (Å²) in [5.41, 5.74) is 0.740. The predicted octanol–water partition coefficient (Wildman–Crippen LogP) is 2.30. The van der Waals surface area contributed by atoms with E-state index in [1.807, 2.05) is 29.6 Å². The van der Waals surface area contributed by atoms with Crippen molar-refractivity contribution in [3.8, 4) is 11.5 Å². The van der Waals surface area contributed by atoms with Gasteiger partial charge in [-0.15, -0.1) is 11.3 Å². The second-order valence-electron chi connectivity index (χ2n) is 6.88. The van der Waals surface area contributed by atoms with E-state index in [9.17, 15) is 10.2 Å². The maximum Gasteiger partial charge on any atom is 0.181 e. The first-order chi connectivity index (χ1) is 12.2. The summed E-state index contributed by atoms with van der Waals surface area (Å²) in [6.07, 6.45) is 2.23. The van der Waals surface area contributed by atoms with Crippen LogP contribution in [0.5, 0.6) is 0 Å². The molecule has 0 amide bonds. The number of hydrogen-bond acceptors (Lipinski definition) is 7. The SMILES string of the molecule is OC1C2CC(Nc3nc(-c4ccccn4)nc4sccc34)C(C2)C1O. The fourth-order valence-electron chi connectivity index (χ4n) is 4.22. The molecule has 2 aliphatic rings. The smallest absolute Gasteiger partial charge is 0.181 e. The highest BCUT2D eigenvalue weighted by Crippen LogP contribution is 2.46. The zero-order valence-electron chi connectivity index (χ0n) is 13.4. The number of anilines is 1. The van der Waals surface area contributed by atoms with Crippen molar-refractivity contribution >= 4 is 27.4 Å². The Morgan fingerprint density at radius 2 is 2.00 bits per heavy atom. The molecule has 5 rings (SSSR count). The largest absolute Gasteiger partial charge is 0.390 e. The summed E-state index contributed by atoms with van der Waals surface area (Å²) < 4.78 is 0. The highest BCUT2D eigenvalue weighted by molar-refractivity contribution is 7.16. The number of aromatic nitrogens is 3. The van der Waals surface area contributed by atoms with E-state index < -0.39 is 12.2 Å². The molecule has 5 atom stereocenters. The highest BCUT2D eigenvalue weighted by Gasteiger charge is 2.51. The summed E-state index contributed by atoms with van der Waals surface area (Å²) in [4.78, 5) is 14.6. The van der Waals surface area contributed by atoms with Crippen molar-refractivity contribution in [3.63, 3.8) is 0 Å². The van der Waals surface area contributed by atoms with Crippen LogP contribution in [0.2, 0.25) is 0 Å². The fourth-order valence-corrected chi connectivity index (χ4v) is 4.98. The van der Waals surface area contributed by atoms with Gasteiger partial charge in [0.1, 0.15) is 16.3 Å². The predicted molar refractivity (Wildman–Crippen MR) is 96.3 cm³/mol. The Bertz CT molecular complexity index is 914. The summed E-state index contributed by atoms with van der Waals surface area (Å²) in [5, 5.41) is 26.7. The van der Waals surface area contributed by atoms with Crippen LogP contribution in [0.4, 0.5) is 5.82 Å². The monoisotopic (exact) mass is 354 g/mol. The average molecular weight is 354 g/mol. The van der Waals surface area contributed by atoms with E-state index in [1.165, 1.54) is 0 Å². The third-order valence-electron chi connectivity index (χ3n) is 5.46. The van der Waals surface area contributed by atoms with Crippen LogP contribution >= 0.6 is 11.3 Å². The van der Waals surface area contributed by atoms with Crippen molar-refractivity contribution in [2.24, 2.45) is 11.8 Å². The lowest BCUT2D eigenvalue weighted by molar-refractivity contribution is -0.0195. The lowest BCUT2D eigenvalue weighted by Crippen LogP contribution is -2.42. The molecule has 0 saturated heterocycles. The minimum absolute atomic E-state index is 0.0713. The van der Waals surface area contributed by atoms with Crippen LogP contribution in [-0.2, 0) is 0 Å². The molecular weight excluding hydrogens is 336 g/mol. The molecule has 7 heteroatoms. The van der Waals surface area contributed by atoms with Crippen molar-refractivity contribution in [3.05, 3.63) is 35.8 Å². The molecule has 6 nitrogen and oxygen atoms in total. The zero-order valence-corrected chi connectivity index (χ0v) is 14.2. The Morgan fingerprint density at radius 3 is 2.76 bits per heavy atom. The van der Waals surface area contributed by atoms with Gasteiger partial charge in [0.2, 0.25) is 0 Å². The minimum Gasteiger partial charge on any atom is -0.390 e. The van der Waals surface area contributed by atoms with E-state index in [-0.39, 0.29) is 17.9 Å². The van der Waals surface area contributed by atoms with Crippen LogP contribution in [0.25, 0.3) is 21.7 Å². The molecule has 128 valence electrons. The van der Waals surface area contributed by atoms with Crippen LogP contribution in [-0.4, -0.2) is 43.4 Å². The molecule has 3 aromatic rings. The van der Waals surface area contributed by atoms with Crippen molar-refractivity contribution in [1.29, 1.82) is 0 Å². The first-order valence-corrected chi connectivity index (χ1v) is 9.38. The van der Waals surface area contributed by atoms with Gasteiger partial charge in [0.15, 0.2) is 5.82 Å². The van der Waals surface area contributed by atoms with E-state index in [2.05, 4.69) is 15.3 Å². The van der Waals surface area contributed by atoms with Crippen molar-refractivity contribution in [2.75, 3.05) is 5.32 Å². The van der Waals surface area contributed by atoms with Crippen LogP contribution in [0, 0.1) is 11.8 Å². The molecule has 25 heavy (non-hydrogen) atoms. The minimum atomic E-state index is -0.647. The number of rotatable bonds is 3. The van der Waals surface area contributed by atoms with Crippen LogP contribution < -0.4 is 5.32 Å². The van der Waals surface area contributed by atoms with E-state index in [1.54, 1.807) is 17.5 Å². The summed E-state index contributed by atoms with van der Waals surface area (Å²) in [6, 6.07) is 7.83. The lowest BCUT2D eigenvalue weighted by Gasteiger charge is -2.30. The Hall–Kier alpha value is -2.09. The quantitative estimate of drug-likeness (QED) is 0.668. The summed E-state index contributed by atoms with van der Waals surface area (Å²) in [7, 11) is 0. The van der Waals surface area contributed by atoms with Crippen molar-refractivity contribution < 1.29 is 10.2 Å². The maximum atomic E-state index is 10.2. The van der Waals surface area contributed by atoms with Gasteiger partial charge in [-0.2, -0.15) is 0 Å². The van der Waals surface area contributed by atoms with Gasteiger partial charge >= 0.3 is 0 Å². The summed E-state index contributed by atoms with van der Waals surface area (Å²) >= 11 is 1.58. The number of aliphatic hydroxyl groups excluding tert-OH is 2. The van der Waals surface area contributed by atoms with Gasteiger partial charge in [-0.1, -0.05) is 6.07 Å². The Morgan fingerprint density at radius 1 is 1.08 bits per heavy atom. The Labute approximate surface area is 148 Å². The number of nitrogens with zero attached hydrogens (tertiary/aromatic N) is 3. The van der Waals surface area contributed by atoms with Gasteiger partial charge in [0.05, 0.1) is 17.6 Å². The van der Waals surface area contributed by atoms with E-state index in [0.717, 1.165) is 34.6 Å². The van der Waals surface area contributed by atoms with Crippen LogP contribution in [0.15, 0.2) is 35.8 Å². The second-order valence-corrected chi connectivity index (χ2v) is 7.77. The number of hydrogen-bond donors (Lipinski definition) is 3. The molecule has 2 bridgehead atoms. The summed E-state index contributed by atoms with van der Waals surface area (Å²) in [5.74, 6) is 1.63. The Kier molecular flexibility index (Phi) is 3.48. The number of nitrogens with one attached hydrogen (secondary N) is 1. The number of fused-ring (bicyclic) bond motifs is 3. The van der Waals surface area contributed by atoms with Gasteiger partial charge < -0.3 is 15.5 Å². The third-order valence-corrected chi connectivity index (χ3v) is 6.27. The van der Waals surface area contributed by atoms with E-state index >= 15 is 0 Å². The second kappa shape index (κ2) is 5.72. The van der Waals surface area contributed by atoms with E-state index in [0.29, 0.717) is 5.82 Å². The first-order valence-electron chi connectivity index (χ1n) is 8.50. The van der Waals surface area contributed by atoms with Gasteiger partial charge in [0.25, 0.3) is 0 Å². The molecular formula is C18H18N4O2S. The Balaban J connectivity index is 1.52. The molecule has 3 N–H and O–H groups in total. The first kappa shape index (κ1) is 15.2. The van der Waals surface area contributed by atoms with Gasteiger partial charge in [-0.25, -0.2) is 9.97 Å². The van der Waals surface area contributed by atoms with Crippen LogP contribution in [0.1, 0.15) is 12.8 Å². The molecule has 0 aliphatic heterocycles. The van der Waals surface area contributed by atoms with Crippen LogP contribution in [0.3, 0.4) is 0 Å². The maximum absolute atomic E-state index is 10.2. The highest BCUT2D eigenvalue weighted by atomic mass is 32.1. The van der Waals surface area contributed by atoms with Gasteiger partial charge in [0, 0.05) is 18.2 Å². The van der Waals surface area contributed by atoms with Crippen molar-refractivity contribution in [1.82, 2.24) is 15.0 Å². The molecule has 0 aromatic carbocycles. The van der Waals surface area contributed by atoms with Gasteiger partial charge in [-0.3, -0.25) is 4.98 Å². The molecule has 3 aromatic heterocycles. The molecule has 0 radical (unpaired) electrons.